The van der Waals surface area contributed by atoms with Gasteiger partial charge in [-0.25, -0.2) is 4.52 Å². The number of piperidine rings is 1. The highest BCUT2D eigenvalue weighted by molar-refractivity contribution is 5.81. The molecule has 0 spiro atoms. The minimum atomic E-state index is -0.276. The van der Waals surface area contributed by atoms with E-state index in [1.165, 1.54) is 5.56 Å². The van der Waals surface area contributed by atoms with Gasteiger partial charge in [0.05, 0.1) is 41.8 Å². The Morgan fingerprint density at radius 3 is 2.49 bits per heavy atom. The summed E-state index contributed by atoms with van der Waals surface area (Å²) in [5.74, 6) is 1.29. The number of anilines is 1. The summed E-state index contributed by atoms with van der Waals surface area (Å²) in [5.41, 5.74) is 5.10. The van der Waals surface area contributed by atoms with Gasteiger partial charge in [0.1, 0.15) is 0 Å². The minimum Gasteiger partial charge on any atom is -0.378 e. The van der Waals surface area contributed by atoms with Crippen LogP contribution in [0.15, 0.2) is 42.9 Å². The molecule has 0 aromatic carbocycles. The monoisotopic (exact) mass is 558 g/mol. The zero-order valence-electron chi connectivity index (χ0n) is 24.4. The molecule has 3 aromatic rings. The Labute approximate surface area is 242 Å². The largest absolute Gasteiger partial charge is 0.378 e. The van der Waals surface area contributed by atoms with Crippen molar-refractivity contribution in [2.24, 2.45) is 11.8 Å². The molecule has 0 atom stereocenters. The van der Waals surface area contributed by atoms with E-state index in [1.54, 1.807) is 0 Å². The average Bonchev–Trinajstić information content (AvgIpc) is 3.40. The minimum absolute atomic E-state index is 0.245. The number of carbonyl (C=O) groups is 1. The molecule has 3 aromatic heterocycles. The molecule has 9 heteroatoms. The Kier molecular flexibility index (Phi) is 7.21. The molecule has 7 rings (SSSR count). The molecule has 6 heterocycles. The lowest BCUT2D eigenvalue weighted by Crippen LogP contribution is -2.54. The molecule has 9 nitrogen and oxygen atoms in total. The van der Waals surface area contributed by atoms with Crippen LogP contribution in [0.5, 0.6) is 0 Å². The predicted octanol–water partition coefficient (Wildman–Crippen LogP) is 3.82. The van der Waals surface area contributed by atoms with E-state index in [1.807, 2.05) is 16.9 Å². The number of fused-ring (bicyclic) bond motifs is 1. The molecule has 3 aliphatic heterocycles. The lowest BCUT2D eigenvalue weighted by molar-refractivity contribution is -0.140. The van der Waals surface area contributed by atoms with Crippen LogP contribution in [-0.2, 0) is 19.9 Å². The number of hydrogen-bond donors (Lipinski definition) is 0. The van der Waals surface area contributed by atoms with Gasteiger partial charge in [0.15, 0.2) is 0 Å². The summed E-state index contributed by atoms with van der Waals surface area (Å²) in [7, 11) is 0. The molecular weight excluding hydrogens is 516 g/mol. The van der Waals surface area contributed by atoms with Gasteiger partial charge in [0.25, 0.3) is 0 Å². The Balaban J connectivity index is 1.06. The maximum absolute atomic E-state index is 12.9. The number of nitrogens with zero attached hydrogens (tertiary/aromatic N) is 6. The van der Waals surface area contributed by atoms with Gasteiger partial charge >= 0.3 is 0 Å². The standard InChI is InChI=1S/C32H42N6O3/c1-3-41-32(7-10-35(11-8-32)27-21-40-22-27)26-4-5-28(33-19-26)25-18-30-29(6-9-34-38(30)20-25)36-12-14-37(15-13-36)31(39)24-16-23(2)17-24/h4-6,9,18-20,23-24,27H,3,7-8,10-17,21-22H2,1-2H3/t23-,24-. The first-order chi connectivity index (χ1) is 20.0. The van der Waals surface area contributed by atoms with E-state index >= 15 is 0 Å². The first-order valence-corrected chi connectivity index (χ1v) is 15.5. The number of hydrogen-bond acceptors (Lipinski definition) is 7. The van der Waals surface area contributed by atoms with Crippen LogP contribution in [0.3, 0.4) is 0 Å². The normalized spacial score (nSPS) is 25.2. The molecule has 4 aliphatic rings. The highest BCUT2D eigenvalue weighted by Gasteiger charge is 2.40. The third-order valence-corrected chi connectivity index (χ3v) is 9.89. The predicted molar refractivity (Wildman–Crippen MR) is 158 cm³/mol. The van der Waals surface area contributed by atoms with Crippen molar-refractivity contribution in [3.8, 4) is 11.3 Å². The molecule has 0 radical (unpaired) electrons. The van der Waals surface area contributed by atoms with Gasteiger partial charge < -0.3 is 19.3 Å². The van der Waals surface area contributed by atoms with Crippen LogP contribution in [0, 0.1) is 11.8 Å². The summed E-state index contributed by atoms with van der Waals surface area (Å²) in [5, 5.41) is 4.60. The van der Waals surface area contributed by atoms with Gasteiger partial charge in [-0.05, 0) is 56.7 Å². The van der Waals surface area contributed by atoms with E-state index in [0.717, 1.165) is 101 Å². The second-order valence-corrected chi connectivity index (χ2v) is 12.4. The first kappa shape index (κ1) is 26.9. The number of likely N-dealkylation sites (tertiary alicyclic amines) is 1. The first-order valence-electron chi connectivity index (χ1n) is 15.5. The van der Waals surface area contributed by atoms with Gasteiger partial charge in [0, 0.05) is 81.5 Å². The molecule has 0 bridgehead atoms. The van der Waals surface area contributed by atoms with Gasteiger partial charge in [-0.3, -0.25) is 14.7 Å². The van der Waals surface area contributed by atoms with Crippen molar-refractivity contribution in [2.45, 2.75) is 51.2 Å². The summed E-state index contributed by atoms with van der Waals surface area (Å²) in [4.78, 5) is 24.8. The molecule has 0 N–H and O–H groups in total. The topological polar surface area (TPSA) is 75.4 Å². The van der Waals surface area contributed by atoms with Gasteiger partial charge in [-0.1, -0.05) is 13.0 Å². The Bertz CT molecular complexity index is 1360. The second kappa shape index (κ2) is 11.0. The smallest absolute Gasteiger partial charge is 0.225 e. The van der Waals surface area contributed by atoms with Crippen LogP contribution in [0.25, 0.3) is 16.8 Å². The van der Waals surface area contributed by atoms with Crippen molar-refractivity contribution in [2.75, 3.05) is 64.0 Å². The fourth-order valence-corrected chi connectivity index (χ4v) is 7.25. The highest BCUT2D eigenvalue weighted by atomic mass is 16.5. The Morgan fingerprint density at radius 1 is 1.07 bits per heavy atom. The Hall–Kier alpha value is -3.01. The SMILES string of the molecule is CCOC1(c2ccc(-c3cc4c(N5CCN(C(=O)[C@H]6C[C@H](C)C6)CC5)ccnn4c3)nc2)CCN(C2COC2)CC1. The van der Waals surface area contributed by atoms with Crippen LogP contribution >= 0.6 is 0 Å². The van der Waals surface area contributed by atoms with Crippen LogP contribution in [0.1, 0.15) is 45.1 Å². The van der Waals surface area contributed by atoms with E-state index in [9.17, 15) is 4.79 Å². The summed E-state index contributed by atoms with van der Waals surface area (Å²) >= 11 is 0. The van der Waals surface area contributed by atoms with E-state index in [2.05, 4.69) is 64.1 Å². The zero-order chi connectivity index (χ0) is 28.0. The maximum Gasteiger partial charge on any atom is 0.225 e. The number of pyridine rings is 1. The number of carbonyl (C=O) groups excluding carboxylic acids is 1. The molecule has 218 valence electrons. The van der Waals surface area contributed by atoms with Gasteiger partial charge in [-0.15, -0.1) is 0 Å². The van der Waals surface area contributed by atoms with Crippen molar-refractivity contribution >= 4 is 17.1 Å². The number of ether oxygens (including phenoxy) is 2. The molecule has 1 saturated carbocycles. The van der Waals surface area contributed by atoms with Gasteiger partial charge in [-0.2, -0.15) is 5.10 Å². The van der Waals surface area contributed by atoms with Crippen molar-refractivity contribution in [3.63, 3.8) is 0 Å². The van der Waals surface area contributed by atoms with Crippen molar-refractivity contribution in [1.29, 1.82) is 0 Å². The molecular formula is C32H42N6O3. The van der Waals surface area contributed by atoms with E-state index in [4.69, 9.17) is 14.5 Å². The molecule has 41 heavy (non-hydrogen) atoms. The summed E-state index contributed by atoms with van der Waals surface area (Å²) in [6.45, 7) is 12.0. The van der Waals surface area contributed by atoms with Crippen molar-refractivity contribution in [3.05, 3.63) is 48.4 Å². The molecule has 4 fully saturated rings. The summed E-state index contributed by atoms with van der Waals surface area (Å²) < 4.78 is 13.8. The molecule has 3 saturated heterocycles. The van der Waals surface area contributed by atoms with Crippen LogP contribution in [0.2, 0.25) is 0 Å². The fraction of sp³-hybridized carbons (Fsp3) is 0.594. The molecule has 0 unspecified atom stereocenters. The van der Waals surface area contributed by atoms with Crippen LogP contribution in [0.4, 0.5) is 5.69 Å². The lowest BCUT2D eigenvalue weighted by Gasteiger charge is -2.46. The average molecular weight is 559 g/mol. The Morgan fingerprint density at radius 2 is 1.85 bits per heavy atom. The van der Waals surface area contributed by atoms with Crippen molar-refractivity contribution < 1.29 is 14.3 Å². The van der Waals surface area contributed by atoms with Crippen molar-refractivity contribution in [1.82, 2.24) is 24.4 Å². The zero-order valence-corrected chi connectivity index (χ0v) is 24.4. The number of piperazine rings is 1. The third kappa shape index (κ3) is 5.02. The quantitative estimate of drug-likeness (QED) is 0.437. The molecule has 1 amide bonds. The number of amides is 1. The summed E-state index contributed by atoms with van der Waals surface area (Å²) in [6, 6.07) is 9.18. The lowest BCUT2D eigenvalue weighted by atomic mass is 9.75. The van der Waals surface area contributed by atoms with Crippen LogP contribution < -0.4 is 4.90 Å². The van der Waals surface area contributed by atoms with E-state index < -0.39 is 0 Å². The third-order valence-electron chi connectivity index (χ3n) is 9.89. The van der Waals surface area contributed by atoms with Gasteiger partial charge in [0.2, 0.25) is 5.91 Å². The maximum atomic E-state index is 12.9. The van der Waals surface area contributed by atoms with E-state index in [-0.39, 0.29) is 11.5 Å². The van der Waals surface area contributed by atoms with Crippen LogP contribution in [-0.4, -0.2) is 95.4 Å². The fourth-order valence-electron chi connectivity index (χ4n) is 7.25. The molecule has 1 aliphatic carbocycles. The second-order valence-electron chi connectivity index (χ2n) is 12.4. The number of rotatable bonds is 7. The van der Waals surface area contributed by atoms with E-state index in [0.29, 0.717) is 24.5 Å². The number of aromatic nitrogens is 3. The highest BCUT2D eigenvalue weighted by Crippen LogP contribution is 2.39. The summed E-state index contributed by atoms with van der Waals surface area (Å²) in [6.07, 6.45) is 9.99.